The number of hydrogen-bond donors (Lipinski definition) is 1. The zero-order valence-corrected chi connectivity index (χ0v) is 11.1. The van der Waals surface area contributed by atoms with Crippen LogP contribution in [0.25, 0.3) is 11.3 Å². The van der Waals surface area contributed by atoms with Crippen molar-refractivity contribution in [2.75, 3.05) is 7.05 Å². The molecular weight excluding hydrogens is 270 g/mol. The molecule has 0 aliphatic rings. The fraction of sp³-hybridized carbons (Fsp3) is 0.250. The molecule has 0 saturated carbocycles. The summed E-state index contributed by atoms with van der Waals surface area (Å²) < 4.78 is 5.53. The van der Waals surface area contributed by atoms with Crippen molar-refractivity contribution in [1.29, 1.82) is 0 Å². The van der Waals surface area contributed by atoms with Crippen molar-refractivity contribution in [3.05, 3.63) is 45.4 Å². The van der Waals surface area contributed by atoms with E-state index in [4.69, 9.17) is 16.0 Å². The van der Waals surface area contributed by atoms with E-state index in [1.807, 2.05) is 6.92 Å². The molecule has 0 radical (unpaired) electrons. The highest BCUT2D eigenvalue weighted by Crippen LogP contribution is 2.33. The topological polar surface area (TPSA) is 81.2 Å². The molecule has 0 aliphatic carbocycles. The lowest BCUT2D eigenvalue weighted by molar-refractivity contribution is -0.384. The Balaban J connectivity index is 2.47. The predicted molar refractivity (Wildman–Crippen MR) is 71.1 cm³/mol. The van der Waals surface area contributed by atoms with Crippen molar-refractivity contribution < 1.29 is 9.34 Å². The van der Waals surface area contributed by atoms with Gasteiger partial charge < -0.3 is 9.73 Å². The number of nitro groups is 1. The first kappa shape index (κ1) is 13.5. The molecule has 0 aliphatic heterocycles. The molecule has 2 rings (SSSR count). The summed E-state index contributed by atoms with van der Waals surface area (Å²) in [4.78, 5) is 14.6. The second-order valence-electron chi connectivity index (χ2n) is 3.99. The van der Waals surface area contributed by atoms with Gasteiger partial charge in [0, 0.05) is 11.1 Å². The van der Waals surface area contributed by atoms with Gasteiger partial charge in [0.25, 0.3) is 5.69 Å². The third-order valence-electron chi connectivity index (χ3n) is 2.75. The van der Waals surface area contributed by atoms with Crippen LogP contribution in [0.3, 0.4) is 0 Å². The standard InChI is InChI=1S/C12H12ClN3O3/c1-7(14-2)12-15-6-11(19-12)9-4-3-8(13)5-10(9)16(17)18/h3-7,14H,1-2H3. The second-order valence-corrected chi connectivity index (χ2v) is 4.43. The van der Waals surface area contributed by atoms with E-state index in [0.717, 1.165) is 0 Å². The summed E-state index contributed by atoms with van der Waals surface area (Å²) in [5.74, 6) is 0.821. The van der Waals surface area contributed by atoms with Crippen molar-refractivity contribution >= 4 is 17.3 Å². The lowest BCUT2D eigenvalue weighted by Gasteiger charge is -2.04. The van der Waals surface area contributed by atoms with E-state index in [0.29, 0.717) is 22.2 Å². The molecule has 6 nitrogen and oxygen atoms in total. The maximum absolute atomic E-state index is 11.0. The van der Waals surface area contributed by atoms with Gasteiger partial charge in [-0.25, -0.2) is 4.98 Å². The molecule has 1 heterocycles. The lowest BCUT2D eigenvalue weighted by Crippen LogP contribution is -2.12. The summed E-state index contributed by atoms with van der Waals surface area (Å²) in [5.41, 5.74) is 0.253. The number of oxazole rings is 1. The summed E-state index contributed by atoms with van der Waals surface area (Å²) >= 11 is 5.77. The summed E-state index contributed by atoms with van der Waals surface area (Å²) in [6.45, 7) is 1.88. The lowest BCUT2D eigenvalue weighted by atomic mass is 10.1. The summed E-state index contributed by atoms with van der Waals surface area (Å²) in [6, 6.07) is 4.35. The molecule has 2 aromatic rings. The SMILES string of the molecule is CNC(C)c1ncc(-c2ccc(Cl)cc2[N+](=O)[O-])o1. The molecular formula is C12H12ClN3O3. The zero-order valence-electron chi connectivity index (χ0n) is 10.4. The molecule has 0 saturated heterocycles. The first-order chi connectivity index (χ1) is 9.02. The number of aromatic nitrogens is 1. The molecule has 1 atom stereocenters. The molecule has 0 spiro atoms. The normalized spacial score (nSPS) is 12.4. The van der Waals surface area contributed by atoms with E-state index < -0.39 is 4.92 Å². The van der Waals surface area contributed by atoms with Gasteiger partial charge in [-0.3, -0.25) is 10.1 Å². The quantitative estimate of drug-likeness (QED) is 0.687. The average molecular weight is 282 g/mol. The Bertz CT molecular complexity index is 612. The molecule has 1 unspecified atom stereocenters. The minimum Gasteiger partial charge on any atom is -0.439 e. The van der Waals surface area contributed by atoms with Crippen LogP contribution in [0.2, 0.25) is 5.02 Å². The Morgan fingerprint density at radius 3 is 2.89 bits per heavy atom. The second kappa shape index (κ2) is 5.38. The molecule has 0 amide bonds. The number of halogens is 1. The summed E-state index contributed by atoms with van der Waals surface area (Å²) in [7, 11) is 1.78. The maximum Gasteiger partial charge on any atom is 0.281 e. The van der Waals surface area contributed by atoms with Crippen LogP contribution < -0.4 is 5.32 Å². The molecule has 1 aromatic carbocycles. The number of nitrogens with one attached hydrogen (secondary N) is 1. The van der Waals surface area contributed by atoms with Crippen LogP contribution in [0.4, 0.5) is 5.69 Å². The van der Waals surface area contributed by atoms with Gasteiger partial charge in [0.2, 0.25) is 5.89 Å². The van der Waals surface area contributed by atoms with E-state index in [2.05, 4.69) is 10.3 Å². The van der Waals surface area contributed by atoms with Crippen molar-refractivity contribution in [3.63, 3.8) is 0 Å². The number of benzene rings is 1. The number of nitrogens with zero attached hydrogens (tertiary/aromatic N) is 2. The zero-order chi connectivity index (χ0) is 14.0. The highest BCUT2D eigenvalue weighted by Gasteiger charge is 2.20. The van der Waals surface area contributed by atoms with Crippen molar-refractivity contribution in [1.82, 2.24) is 10.3 Å². The predicted octanol–water partition coefficient (Wildman–Crippen LogP) is 3.18. The third kappa shape index (κ3) is 2.74. The van der Waals surface area contributed by atoms with Crippen LogP contribution in [-0.4, -0.2) is 17.0 Å². The number of rotatable bonds is 4. The van der Waals surface area contributed by atoms with E-state index >= 15 is 0 Å². The van der Waals surface area contributed by atoms with Crippen LogP contribution >= 0.6 is 11.6 Å². The van der Waals surface area contributed by atoms with Gasteiger partial charge in [-0.15, -0.1) is 0 Å². The van der Waals surface area contributed by atoms with Crippen LogP contribution in [0, 0.1) is 10.1 Å². The summed E-state index contributed by atoms with van der Waals surface area (Å²) in [6.07, 6.45) is 1.47. The van der Waals surface area contributed by atoms with Gasteiger partial charge in [0.05, 0.1) is 22.7 Å². The molecule has 19 heavy (non-hydrogen) atoms. The fourth-order valence-electron chi connectivity index (χ4n) is 1.60. The first-order valence-electron chi connectivity index (χ1n) is 5.60. The smallest absolute Gasteiger partial charge is 0.281 e. The highest BCUT2D eigenvalue weighted by molar-refractivity contribution is 6.30. The monoisotopic (exact) mass is 281 g/mol. The Morgan fingerprint density at radius 2 is 2.26 bits per heavy atom. The minimum absolute atomic E-state index is 0.0693. The Kier molecular flexibility index (Phi) is 3.82. The van der Waals surface area contributed by atoms with Gasteiger partial charge in [-0.1, -0.05) is 11.6 Å². The Hall–Kier alpha value is -1.92. The van der Waals surface area contributed by atoms with E-state index in [1.54, 1.807) is 19.2 Å². The Labute approximate surface area is 114 Å². The van der Waals surface area contributed by atoms with Gasteiger partial charge in [-0.2, -0.15) is 0 Å². The van der Waals surface area contributed by atoms with Crippen LogP contribution in [-0.2, 0) is 0 Å². The van der Waals surface area contributed by atoms with Gasteiger partial charge in [0.1, 0.15) is 0 Å². The fourth-order valence-corrected chi connectivity index (χ4v) is 1.77. The Morgan fingerprint density at radius 1 is 1.53 bits per heavy atom. The molecule has 100 valence electrons. The molecule has 0 fully saturated rings. The van der Waals surface area contributed by atoms with E-state index in [-0.39, 0.29) is 11.7 Å². The van der Waals surface area contributed by atoms with Crippen molar-refractivity contribution in [2.24, 2.45) is 0 Å². The third-order valence-corrected chi connectivity index (χ3v) is 2.98. The van der Waals surface area contributed by atoms with E-state index in [1.165, 1.54) is 12.3 Å². The minimum atomic E-state index is -0.495. The molecule has 7 heteroatoms. The van der Waals surface area contributed by atoms with Crippen LogP contribution in [0.1, 0.15) is 18.9 Å². The number of hydrogen-bond acceptors (Lipinski definition) is 5. The van der Waals surface area contributed by atoms with Crippen LogP contribution in [0.5, 0.6) is 0 Å². The molecule has 0 bridgehead atoms. The largest absolute Gasteiger partial charge is 0.439 e. The van der Waals surface area contributed by atoms with Gasteiger partial charge >= 0.3 is 0 Å². The van der Waals surface area contributed by atoms with Crippen molar-refractivity contribution in [3.8, 4) is 11.3 Å². The van der Waals surface area contributed by atoms with Gasteiger partial charge in [-0.05, 0) is 26.1 Å². The maximum atomic E-state index is 11.0. The molecule has 1 aromatic heterocycles. The summed E-state index contributed by atoms with van der Waals surface area (Å²) in [5, 5.41) is 14.3. The van der Waals surface area contributed by atoms with E-state index in [9.17, 15) is 10.1 Å². The molecule has 1 N–H and O–H groups in total. The first-order valence-corrected chi connectivity index (χ1v) is 5.98. The van der Waals surface area contributed by atoms with Crippen molar-refractivity contribution in [2.45, 2.75) is 13.0 Å². The van der Waals surface area contributed by atoms with Gasteiger partial charge in [0.15, 0.2) is 5.76 Å². The average Bonchev–Trinajstić information content (AvgIpc) is 2.87. The highest BCUT2D eigenvalue weighted by atomic mass is 35.5. The number of nitro benzene ring substituents is 1. The van der Waals surface area contributed by atoms with Crippen LogP contribution in [0.15, 0.2) is 28.8 Å².